The van der Waals surface area contributed by atoms with Crippen molar-refractivity contribution in [1.29, 1.82) is 0 Å². The van der Waals surface area contributed by atoms with Crippen molar-refractivity contribution >= 4 is 0 Å². The Morgan fingerprint density at radius 2 is 2.33 bits per heavy atom. The van der Waals surface area contributed by atoms with Crippen LogP contribution in [0.15, 0.2) is 11.6 Å². The van der Waals surface area contributed by atoms with E-state index in [1.54, 1.807) is 0 Å². The van der Waals surface area contributed by atoms with Crippen LogP contribution < -0.4 is 0 Å². The summed E-state index contributed by atoms with van der Waals surface area (Å²) in [5, 5.41) is 8.88. The summed E-state index contributed by atoms with van der Waals surface area (Å²) in [6.45, 7) is 5.06. The van der Waals surface area contributed by atoms with Gasteiger partial charge in [0.05, 0.1) is 0 Å². The van der Waals surface area contributed by atoms with Crippen molar-refractivity contribution in [2.24, 2.45) is 17.3 Å². The minimum absolute atomic E-state index is 0.322. The lowest BCUT2D eigenvalue weighted by atomic mass is 9.48. The van der Waals surface area contributed by atoms with Gasteiger partial charge in [0.2, 0.25) is 0 Å². The normalized spacial score (nSPS) is 37.1. The van der Waals surface area contributed by atoms with E-state index >= 15 is 0 Å². The molecule has 3 aliphatic rings. The molecule has 0 saturated heterocycles. The van der Waals surface area contributed by atoms with Gasteiger partial charge in [0, 0.05) is 6.61 Å². The fourth-order valence-electron chi connectivity index (χ4n) is 2.89. The van der Waals surface area contributed by atoms with Crippen molar-refractivity contribution in [3.8, 4) is 0 Å². The first-order valence-electron chi connectivity index (χ1n) is 4.96. The largest absolute Gasteiger partial charge is 0.396 e. The summed E-state index contributed by atoms with van der Waals surface area (Å²) in [5.41, 5.74) is 2.05. The van der Waals surface area contributed by atoms with Gasteiger partial charge in [-0.25, -0.2) is 0 Å². The molecule has 68 valence electrons. The predicted molar refractivity (Wildman–Crippen MR) is 49.8 cm³/mol. The van der Waals surface area contributed by atoms with E-state index in [0.717, 1.165) is 18.3 Å². The Morgan fingerprint density at radius 3 is 2.83 bits per heavy atom. The third-order valence-corrected chi connectivity index (χ3v) is 3.98. The minimum atomic E-state index is 0.322. The molecule has 1 nitrogen and oxygen atoms in total. The van der Waals surface area contributed by atoms with E-state index in [1.807, 2.05) is 0 Å². The molecular formula is C11H18O. The van der Waals surface area contributed by atoms with Crippen LogP contribution in [0.3, 0.4) is 0 Å². The molecule has 2 bridgehead atoms. The van der Waals surface area contributed by atoms with Crippen molar-refractivity contribution < 1.29 is 5.11 Å². The number of hydrogen-bond acceptors (Lipinski definition) is 1. The summed E-state index contributed by atoms with van der Waals surface area (Å²) >= 11 is 0. The summed E-state index contributed by atoms with van der Waals surface area (Å²) in [5.74, 6) is 1.70. The van der Waals surface area contributed by atoms with Crippen LogP contribution in [-0.2, 0) is 0 Å². The quantitative estimate of drug-likeness (QED) is 0.624. The van der Waals surface area contributed by atoms with Crippen LogP contribution in [0.2, 0.25) is 0 Å². The van der Waals surface area contributed by atoms with E-state index in [2.05, 4.69) is 19.9 Å². The molecule has 1 fully saturated rings. The van der Waals surface area contributed by atoms with Crippen LogP contribution in [0.4, 0.5) is 0 Å². The molecule has 0 amide bonds. The van der Waals surface area contributed by atoms with Crippen molar-refractivity contribution in [3.05, 3.63) is 11.6 Å². The fourth-order valence-corrected chi connectivity index (χ4v) is 2.89. The van der Waals surface area contributed by atoms with E-state index in [1.165, 1.54) is 18.4 Å². The number of allylic oxidation sites excluding steroid dienone is 1. The molecule has 3 rings (SSSR count). The van der Waals surface area contributed by atoms with Crippen molar-refractivity contribution in [3.63, 3.8) is 0 Å². The number of fused-ring (bicyclic) bond motifs is 1. The lowest BCUT2D eigenvalue weighted by Gasteiger charge is -2.56. The number of aliphatic hydroxyl groups excluding tert-OH is 1. The minimum Gasteiger partial charge on any atom is -0.396 e. The summed E-state index contributed by atoms with van der Waals surface area (Å²) in [7, 11) is 0. The number of rotatable bonds is 2. The Balaban J connectivity index is 2.13. The van der Waals surface area contributed by atoms with E-state index in [-0.39, 0.29) is 0 Å². The topological polar surface area (TPSA) is 20.2 Å². The SMILES string of the molecule is CC1(C)C2C[C@H]1CC=C2CCO. The van der Waals surface area contributed by atoms with Crippen molar-refractivity contribution in [1.82, 2.24) is 0 Å². The highest BCUT2D eigenvalue weighted by Crippen LogP contribution is 2.59. The van der Waals surface area contributed by atoms with Crippen molar-refractivity contribution in [2.75, 3.05) is 6.61 Å². The smallest absolute Gasteiger partial charge is 0.0468 e. The maximum Gasteiger partial charge on any atom is 0.0468 e. The first kappa shape index (κ1) is 8.31. The van der Waals surface area contributed by atoms with Gasteiger partial charge in [-0.05, 0) is 36.5 Å². The van der Waals surface area contributed by atoms with Crippen molar-refractivity contribution in [2.45, 2.75) is 33.1 Å². The third-order valence-electron chi connectivity index (χ3n) is 3.98. The molecule has 1 N–H and O–H groups in total. The first-order chi connectivity index (χ1) is 5.66. The van der Waals surface area contributed by atoms with Gasteiger partial charge in [-0.15, -0.1) is 0 Å². The van der Waals surface area contributed by atoms with Gasteiger partial charge < -0.3 is 5.11 Å². The van der Waals surface area contributed by atoms with Gasteiger partial charge in [0.25, 0.3) is 0 Å². The van der Waals surface area contributed by atoms with Crippen LogP contribution in [0.1, 0.15) is 33.1 Å². The van der Waals surface area contributed by atoms with Crippen LogP contribution >= 0.6 is 0 Å². The van der Waals surface area contributed by atoms with E-state index in [0.29, 0.717) is 12.0 Å². The number of aliphatic hydroxyl groups is 1. The lowest BCUT2D eigenvalue weighted by Crippen LogP contribution is -2.48. The first-order valence-corrected chi connectivity index (χ1v) is 4.96. The molecule has 0 heterocycles. The zero-order valence-electron chi connectivity index (χ0n) is 8.01. The Labute approximate surface area is 74.5 Å². The average molecular weight is 166 g/mol. The zero-order valence-corrected chi connectivity index (χ0v) is 8.01. The second-order valence-electron chi connectivity index (χ2n) is 4.79. The molecule has 0 radical (unpaired) electrons. The van der Waals surface area contributed by atoms with Gasteiger partial charge in [0.15, 0.2) is 0 Å². The highest BCUT2D eigenvalue weighted by atomic mass is 16.2. The predicted octanol–water partition coefficient (Wildman–Crippen LogP) is 2.36. The molecule has 0 aliphatic heterocycles. The zero-order chi connectivity index (χ0) is 8.77. The summed E-state index contributed by atoms with van der Waals surface area (Å²) in [4.78, 5) is 0. The molecule has 2 atom stereocenters. The maximum atomic E-state index is 8.88. The molecule has 3 aliphatic carbocycles. The van der Waals surface area contributed by atoms with Crippen LogP contribution in [0.25, 0.3) is 0 Å². The summed E-state index contributed by atoms with van der Waals surface area (Å²) in [6, 6.07) is 0. The molecule has 1 unspecified atom stereocenters. The molecule has 12 heavy (non-hydrogen) atoms. The average Bonchev–Trinajstić information content (AvgIpc) is 2.05. The Morgan fingerprint density at radius 1 is 1.58 bits per heavy atom. The molecule has 0 spiro atoms. The van der Waals surface area contributed by atoms with Crippen LogP contribution in [0, 0.1) is 17.3 Å². The number of hydrogen-bond donors (Lipinski definition) is 1. The van der Waals surface area contributed by atoms with E-state index in [4.69, 9.17) is 5.11 Å². The second kappa shape index (κ2) is 2.59. The Hall–Kier alpha value is -0.300. The maximum absolute atomic E-state index is 8.88. The monoisotopic (exact) mass is 166 g/mol. The molecule has 1 heteroatoms. The van der Waals surface area contributed by atoms with E-state index < -0.39 is 0 Å². The molecule has 0 aromatic carbocycles. The Kier molecular flexibility index (Phi) is 1.80. The van der Waals surface area contributed by atoms with Crippen LogP contribution in [0.5, 0.6) is 0 Å². The van der Waals surface area contributed by atoms with Gasteiger partial charge in [-0.3, -0.25) is 0 Å². The lowest BCUT2D eigenvalue weighted by molar-refractivity contribution is -0.00943. The highest BCUT2D eigenvalue weighted by molar-refractivity contribution is 5.23. The molecule has 1 saturated carbocycles. The Bertz CT molecular complexity index is 215. The summed E-state index contributed by atoms with van der Waals surface area (Å²) < 4.78 is 0. The standard InChI is InChI=1S/C11H18O/c1-11(2)9-4-3-8(5-6-12)10(11)7-9/h3,9-10,12H,4-7H2,1-2H3/t9-,10?/m1/s1. The summed E-state index contributed by atoms with van der Waals surface area (Å²) in [6.07, 6.45) is 5.89. The van der Waals surface area contributed by atoms with Crippen LogP contribution in [-0.4, -0.2) is 11.7 Å². The molecule has 0 aromatic rings. The molecule has 0 aromatic heterocycles. The molecular weight excluding hydrogens is 148 g/mol. The van der Waals surface area contributed by atoms with Gasteiger partial charge in [-0.1, -0.05) is 25.5 Å². The highest BCUT2D eigenvalue weighted by Gasteiger charge is 2.50. The van der Waals surface area contributed by atoms with Gasteiger partial charge in [0.1, 0.15) is 0 Å². The van der Waals surface area contributed by atoms with Gasteiger partial charge in [-0.2, -0.15) is 0 Å². The van der Waals surface area contributed by atoms with Gasteiger partial charge >= 0.3 is 0 Å². The third kappa shape index (κ3) is 0.957. The fraction of sp³-hybridized carbons (Fsp3) is 0.818. The van der Waals surface area contributed by atoms with E-state index in [9.17, 15) is 0 Å². The second-order valence-corrected chi connectivity index (χ2v) is 4.79.